The summed E-state index contributed by atoms with van der Waals surface area (Å²) in [4.78, 5) is 28.1. The summed E-state index contributed by atoms with van der Waals surface area (Å²) in [5, 5.41) is 20.6. The normalized spacial score (nSPS) is 12.1. The second-order valence-corrected chi connectivity index (χ2v) is 6.52. The maximum atomic E-state index is 12.8. The topological polar surface area (TPSA) is 107 Å². The quantitative estimate of drug-likeness (QED) is 0.438. The number of aromatic hydroxyl groups is 1. The minimum Gasteiger partial charge on any atom is -0.504 e. The maximum Gasteiger partial charge on any atom is 0.274 e. The number of imidazole rings is 1. The van der Waals surface area contributed by atoms with Gasteiger partial charge < -0.3 is 9.84 Å². The van der Waals surface area contributed by atoms with E-state index in [-0.39, 0.29) is 17.0 Å². The van der Waals surface area contributed by atoms with Crippen molar-refractivity contribution in [2.45, 2.75) is 0 Å². The number of non-ortho nitro benzene ring substituents is 1. The van der Waals surface area contributed by atoms with Crippen LogP contribution >= 0.6 is 11.3 Å². The Morgan fingerprint density at radius 3 is 2.85 bits per heavy atom. The Morgan fingerprint density at radius 1 is 1.31 bits per heavy atom. The summed E-state index contributed by atoms with van der Waals surface area (Å²) in [5.41, 5.74) is 1.20. The van der Waals surface area contributed by atoms with Crippen molar-refractivity contribution in [3.05, 3.63) is 67.0 Å². The van der Waals surface area contributed by atoms with Gasteiger partial charge in [0.05, 0.1) is 27.6 Å². The van der Waals surface area contributed by atoms with E-state index in [9.17, 15) is 20.0 Å². The number of hydrogen-bond donors (Lipinski definition) is 1. The molecule has 0 amide bonds. The van der Waals surface area contributed by atoms with E-state index in [1.165, 1.54) is 47.1 Å². The molecule has 130 valence electrons. The molecule has 0 unspecified atom stereocenters. The van der Waals surface area contributed by atoms with Gasteiger partial charge in [-0.1, -0.05) is 17.4 Å². The third-order valence-corrected chi connectivity index (χ3v) is 4.90. The van der Waals surface area contributed by atoms with Gasteiger partial charge in [0.2, 0.25) is 0 Å². The number of ether oxygens (including phenoxy) is 1. The number of nitrogens with zero attached hydrogens (tertiary/aromatic N) is 3. The number of rotatable bonds is 3. The van der Waals surface area contributed by atoms with Crippen LogP contribution in [-0.4, -0.2) is 26.5 Å². The van der Waals surface area contributed by atoms with Gasteiger partial charge >= 0.3 is 0 Å². The van der Waals surface area contributed by atoms with Crippen LogP contribution in [-0.2, 0) is 0 Å². The molecular formula is C17H11N3O5S. The van der Waals surface area contributed by atoms with Crippen molar-refractivity contribution < 1.29 is 14.8 Å². The monoisotopic (exact) mass is 369 g/mol. The largest absolute Gasteiger partial charge is 0.504 e. The van der Waals surface area contributed by atoms with Crippen LogP contribution in [0.3, 0.4) is 0 Å². The number of nitro groups is 1. The molecule has 0 aliphatic carbocycles. The van der Waals surface area contributed by atoms with Crippen LogP contribution in [0.25, 0.3) is 22.1 Å². The fourth-order valence-corrected chi connectivity index (χ4v) is 3.69. The minimum absolute atomic E-state index is 0.00582. The van der Waals surface area contributed by atoms with Gasteiger partial charge in [0.15, 0.2) is 16.5 Å². The molecule has 2 aromatic carbocycles. The molecule has 0 saturated carbocycles. The van der Waals surface area contributed by atoms with Crippen molar-refractivity contribution in [3.63, 3.8) is 0 Å². The van der Waals surface area contributed by atoms with Gasteiger partial charge in [-0.3, -0.25) is 14.9 Å². The lowest BCUT2D eigenvalue weighted by atomic mass is 10.2. The molecular weight excluding hydrogens is 358 g/mol. The minimum atomic E-state index is -0.508. The van der Waals surface area contributed by atoms with E-state index in [1.54, 1.807) is 18.2 Å². The Balaban J connectivity index is 1.95. The number of fused-ring (bicyclic) bond motifs is 3. The number of hydrogen-bond acceptors (Lipinski definition) is 7. The highest BCUT2D eigenvalue weighted by atomic mass is 32.1. The van der Waals surface area contributed by atoms with Gasteiger partial charge in [-0.25, -0.2) is 9.38 Å². The SMILES string of the molecule is COc1cc(/C=c2\sc3nc4ccc([N+](=O)[O-])cc4n3c2=O)ccc1O. The Labute approximate surface area is 149 Å². The van der Waals surface area contributed by atoms with E-state index in [2.05, 4.69) is 4.98 Å². The number of thiazole rings is 1. The highest BCUT2D eigenvalue weighted by Crippen LogP contribution is 2.26. The van der Waals surface area contributed by atoms with Crippen LogP contribution in [0.1, 0.15) is 5.56 Å². The van der Waals surface area contributed by atoms with Crippen LogP contribution in [0.15, 0.2) is 41.2 Å². The summed E-state index contributed by atoms with van der Waals surface area (Å²) in [6.45, 7) is 0. The second-order valence-electron chi connectivity index (χ2n) is 5.51. The summed E-state index contributed by atoms with van der Waals surface area (Å²) in [5.74, 6) is 0.305. The van der Waals surface area contributed by atoms with Crippen molar-refractivity contribution in [1.29, 1.82) is 0 Å². The first-order valence-electron chi connectivity index (χ1n) is 7.46. The molecule has 0 aliphatic heterocycles. The van der Waals surface area contributed by atoms with Crippen molar-refractivity contribution in [2.24, 2.45) is 0 Å². The molecule has 1 N–H and O–H groups in total. The Bertz CT molecular complexity index is 1290. The summed E-state index contributed by atoms with van der Waals surface area (Å²) in [6.07, 6.45) is 1.66. The van der Waals surface area contributed by atoms with Crippen LogP contribution in [0, 0.1) is 10.1 Å². The molecule has 0 bridgehead atoms. The maximum absolute atomic E-state index is 12.8. The van der Waals surface area contributed by atoms with Crippen LogP contribution in [0.4, 0.5) is 5.69 Å². The molecule has 2 heterocycles. The number of benzene rings is 2. The summed E-state index contributed by atoms with van der Waals surface area (Å²) in [7, 11) is 1.44. The van der Waals surface area contributed by atoms with Crippen molar-refractivity contribution in [2.75, 3.05) is 7.11 Å². The Kier molecular flexibility index (Phi) is 3.58. The van der Waals surface area contributed by atoms with E-state index in [0.717, 1.165) is 0 Å². The van der Waals surface area contributed by atoms with Crippen molar-refractivity contribution in [3.8, 4) is 11.5 Å². The van der Waals surface area contributed by atoms with E-state index >= 15 is 0 Å². The predicted octanol–water partition coefficient (Wildman–Crippen LogP) is 2.08. The van der Waals surface area contributed by atoms with Gasteiger partial charge in [0, 0.05) is 12.1 Å². The van der Waals surface area contributed by atoms with Crippen LogP contribution in [0.2, 0.25) is 0 Å². The molecule has 0 spiro atoms. The van der Waals surface area contributed by atoms with Gasteiger partial charge in [-0.2, -0.15) is 0 Å². The number of nitro benzene ring substituents is 1. The van der Waals surface area contributed by atoms with Gasteiger partial charge in [0.1, 0.15) is 0 Å². The highest BCUT2D eigenvalue weighted by molar-refractivity contribution is 7.15. The molecule has 8 nitrogen and oxygen atoms in total. The smallest absolute Gasteiger partial charge is 0.274 e. The fraction of sp³-hybridized carbons (Fsp3) is 0.0588. The van der Waals surface area contributed by atoms with Crippen molar-refractivity contribution >= 4 is 39.1 Å². The van der Waals surface area contributed by atoms with E-state index in [4.69, 9.17) is 4.74 Å². The standard InChI is InChI=1S/C17H11N3O5S/c1-25-14-6-9(2-5-13(14)21)7-15-16(22)19-12-8-10(20(23)24)3-4-11(12)18-17(19)26-15/h2-8,21H,1H3/b15-7-. The highest BCUT2D eigenvalue weighted by Gasteiger charge is 2.15. The van der Waals surface area contributed by atoms with Gasteiger partial charge in [0.25, 0.3) is 11.2 Å². The second kappa shape index (κ2) is 5.81. The average Bonchev–Trinajstić information content (AvgIpc) is 3.12. The lowest BCUT2D eigenvalue weighted by molar-refractivity contribution is -0.384. The van der Waals surface area contributed by atoms with Gasteiger partial charge in [-0.15, -0.1) is 0 Å². The van der Waals surface area contributed by atoms with E-state index < -0.39 is 4.92 Å². The summed E-state index contributed by atoms with van der Waals surface area (Å²) >= 11 is 1.19. The fourth-order valence-electron chi connectivity index (χ4n) is 2.70. The van der Waals surface area contributed by atoms with Crippen molar-refractivity contribution in [1.82, 2.24) is 9.38 Å². The lowest BCUT2D eigenvalue weighted by Crippen LogP contribution is -2.22. The summed E-state index contributed by atoms with van der Waals surface area (Å²) in [6, 6.07) is 8.98. The zero-order valence-corrected chi connectivity index (χ0v) is 14.2. The number of phenolic OH excluding ortho intramolecular Hbond substituents is 1. The predicted molar refractivity (Wildman–Crippen MR) is 96.9 cm³/mol. The molecule has 4 aromatic rings. The zero-order chi connectivity index (χ0) is 18.4. The Morgan fingerprint density at radius 2 is 2.12 bits per heavy atom. The first-order chi connectivity index (χ1) is 12.5. The molecule has 0 aliphatic rings. The molecule has 9 heteroatoms. The number of methoxy groups -OCH3 is 1. The molecule has 0 saturated heterocycles. The van der Waals surface area contributed by atoms with Gasteiger partial charge in [-0.05, 0) is 29.8 Å². The first-order valence-corrected chi connectivity index (χ1v) is 8.28. The molecule has 26 heavy (non-hydrogen) atoms. The molecule has 4 rings (SSSR count). The average molecular weight is 369 g/mol. The lowest BCUT2D eigenvalue weighted by Gasteiger charge is -2.03. The molecule has 0 radical (unpaired) electrons. The third-order valence-electron chi connectivity index (χ3n) is 3.93. The Hall–Kier alpha value is -3.46. The third kappa shape index (κ3) is 2.45. The molecule has 0 fully saturated rings. The van der Waals surface area contributed by atoms with Crippen LogP contribution < -0.4 is 14.8 Å². The first kappa shape index (κ1) is 16.0. The molecule has 0 atom stereocenters. The number of phenols is 1. The van der Waals surface area contributed by atoms with E-state index in [1.807, 2.05) is 0 Å². The number of aromatic nitrogens is 2. The summed E-state index contributed by atoms with van der Waals surface area (Å²) < 4.78 is 6.86. The van der Waals surface area contributed by atoms with E-state index in [0.29, 0.717) is 31.8 Å². The zero-order valence-electron chi connectivity index (χ0n) is 13.4. The van der Waals surface area contributed by atoms with Crippen LogP contribution in [0.5, 0.6) is 11.5 Å². The molecule has 2 aromatic heterocycles.